The highest BCUT2D eigenvalue weighted by Gasteiger charge is 2.14. The number of benzene rings is 1. The van der Waals surface area contributed by atoms with Gasteiger partial charge in [-0.15, -0.1) is 11.3 Å². The number of thiophene rings is 1. The zero-order valence-electron chi connectivity index (χ0n) is 8.88. The molecule has 18 heavy (non-hydrogen) atoms. The molecule has 90 valence electrons. The predicted molar refractivity (Wildman–Crippen MR) is 83.0 cm³/mol. The van der Waals surface area contributed by atoms with E-state index in [1.807, 2.05) is 29.6 Å². The van der Waals surface area contributed by atoms with Crippen molar-refractivity contribution in [2.75, 3.05) is 5.32 Å². The molecule has 0 unspecified atom stereocenters. The Hall–Kier alpha value is -1.06. The minimum Gasteiger partial charge on any atom is -0.320 e. The van der Waals surface area contributed by atoms with Gasteiger partial charge < -0.3 is 5.32 Å². The lowest BCUT2D eigenvalue weighted by Crippen LogP contribution is -2.10. The summed E-state index contributed by atoms with van der Waals surface area (Å²) in [6.07, 6.45) is 0. The molecule has 3 rings (SSSR count). The van der Waals surface area contributed by atoms with E-state index < -0.39 is 0 Å². The first kappa shape index (κ1) is 12.0. The van der Waals surface area contributed by atoms with E-state index in [4.69, 9.17) is 0 Å². The van der Waals surface area contributed by atoms with Gasteiger partial charge >= 0.3 is 0 Å². The molecule has 0 bridgehead atoms. The summed E-state index contributed by atoms with van der Waals surface area (Å²) in [5.41, 5.74) is 2.91. The van der Waals surface area contributed by atoms with Gasteiger partial charge in [0.25, 0.3) is 5.91 Å². The van der Waals surface area contributed by atoms with Crippen LogP contribution in [0.5, 0.6) is 0 Å². The molecule has 0 fully saturated rings. The molecule has 1 aromatic heterocycles. The molecule has 1 amide bonds. The second-order valence-corrected chi connectivity index (χ2v) is 6.87. The van der Waals surface area contributed by atoms with E-state index in [0.29, 0.717) is 11.3 Å². The van der Waals surface area contributed by atoms with Crippen molar-refractivity contribution in [2.24, 2.45) is 8.73 Å². The van der Waals surface area contributed by atoms with E-state index in [1.165, 1.54) is 0 Å². The Morgan fingerprint density at radius 2 is 2.22 bits per heavy atom. The smallest absolute Gasteiger partial charge is 0.256 e. The van der Waals surface area contributed by atoms with Crippen molar-refractivity contribution in [1.29, 1.82) is 0 Å². The lowest BCUT2D eigenvalue weighted by atomic mass is 10.2. The second kappa shape index (κ2) is 4.90. The van der Waals surface area contributed by atoms with Crippen molar-refractivity contribution in [3.8, 4) is 0 Å². The number of hydrogen-bond acceptors (Lipinski definition) is 4. The Kier molecular flexibility index (Phi) is 3.27. The third kappa shape index (κ3) is 2.25. The highest BCUT2D eigenvalue weighted by atomic mass is 127. The molecule has 0 atom stereocenters. The third-order valence-corrected chi connectivity index (χ3v) is 4.70. The second-order valence-electron chi connectivity index (χ2n) is 3.53. The molecule has 2 heterocycles. The molecule has 0 saturated heterocycles. The van der Waals surface area contributed by atoms with Gasteiger partial charge in [-0.3, -0.25) is 4.79 Å². The van der Waals surface area contributed by atoms with Gasteiger partial charge in [0.1, 0.15) is 11.4 Å². The maximum Gasteiger partial charge on any atom is 0.256 e. The molecule has 0 radical (unpaired) electrons. The molecule has 2 aromatic rings. The maximum atomic E-state index is 12.0. The fourth-order valence-corrected chi connectivity index (χ4v) is 3.41. The van der Waals surface area contributed by atoms with Crippen LogP contribution in [0.2, 0.25) is 0 Å². The number of rotatable bonds is 2. The minimum atomic E-state index is -0.116. The molecule has 1 aromatic carbocycles. The molecular weight excluding hydrogens is 381 g/mol. The Morgan fingerprint density at radius 3 is 3.00 bits per heavy atom. The van der Waals surface area contributed by atoms with Crippen molar-refractivity contribution in [3.63, 3.8) is 0 Å². The van der Waals surface area contributed by atoms with E-state index >= 15 is 0 Å². The molecule has 0 aliphatic carbocycles. The highest BCUT2D eigenvalue weighted by molar-refractivity contribution is 14.1. The van der Waals surface area contributed by atoms with Crippen LogP contribution in [-0.4, -0.2) is 5.91 Å². The summed E-state index contributed by atoms with van der Waals surface area (Å²) < 4.78 is 9.42. The molecule has 1 aliphatic rings. The Balaban J connectivity index is 1.88. The fourth-order valence-electron chi connectivity index (χ4n) is 1.53. The zero-order chi connectivity index (χ0) is 12.5. The van der Waals surface area contributed by atoms with Crippen LogP contribution in [0, 0.1) is 2.88 Å². The monoisotopic (exact) mass is 387 g/mol. The summed E-state index contributed by atoms with van der Waals surface area (Å²) in [4.78, 5) is 12.0. The van der Waals surface area contributed by atoms with Crippen LogP contribution in [0.15, 0.2) is 38.4 Å². The summed E-state index contributed by atoms with van der Waals surface area (Å²) in [5.74, 6) is -0.116. The summed E-state index contributed by atoms with van der Waals surface area (Å²) >= 11 is 4.89. The van der Waals surface area contributed by atoms with Crippen LogP contribution in [0.3, 0.4) is 0 Å². The van der Waals surface area contributed by atoms with Gasteiger partial charge in [0.05, 0.1) is 25.5 Å². The maximum absolute atomic E-state index is 12.0. The van der Waals surface area contributed by atoms with E-state index in [-0.39, 0.29) is 5.91 Å². The number of fused-ring (bicyclic) bond motifs is 1. The van der Waals surface area contributed by atoms with Crippen LogP contribution in [0.25, 0.3) is 0 Å². The third-order valence-electron chi connectivity index (χ3n) is 2.36. The first-order valence-corrected chi connectivity index (χ1v) is 7.69. The van der Waals surface area contributed by atoms with E-state index in [1.54, 1.807) is 11.3 Å². The number of amides is 1. The number of carbonyl (C=O) groups is 1. The lowest BCUT2D eigenvalue weighted by molar-refractivity contribution is 0.102. The summed E-state index contributed by atoms with van der Waals surface area (Å²) in [5, 5.41) is 4.71. The fraction of sp³-hybridized carbons (Fsp3) is 0. The van der Waals surface area contributed by atoms with Gasteiger partial charge in [-0.2, -0.15) is 8.73 Å². The van der Waals surface area contributed by atoms with E-state index in [0.717, 1.165) is 25.6 Å². The van der Waals surface area contributed by atoms with Gasteiger partial charge in [-0.05, 0) is 40.8 Å². The van der Waals surface area contributed by atoms with Crippen molar-refractivity contribution >= 4 is 68.3 Å². The van der Waals surface area contributed by atoms with Crippen molar-refractivity contribution in [3.05, 3.63) is 38.1 Å². The molecule has 4 nitrogen and oxygen atoms in total. The van der Waals surface area contributed by atoms with Crippen molar-refractivity contribution in [1.82, 2.24) is 0 Å². The molecular formula is C11H6IN3OS2. The van der Waals surface area contributed by atoms with Gasteiger partial charge in [0.2, 0.25) is 0 Å². The summed E-state index contributed by atoms with van der Waals surface area (Å²) in [6.45, 7) is 0. The van der Waals surface area contributed by atoms with Crippen LogP contribution in [0.1, 0.15) is 10.4 Å². The molecule has 0 spiro atoms. The van der Waals surface area contributed by atoms with Crippen LogP contribution in [-0.2, 0) is 11.4 Å². The number of hydrogen-bond donors (Lipinski definition) is 1. The predicted octanol–water partition coefficient (Wildman–Crippen LogP) is 4.33. The Bertz CT molecular complexity index is 704. The SMILES string of the molecule is O=C(Nc1cccc2c1N=S=N2)c1csc(I)c1. The number of carbonyl (C=O) groups excluding carboxylic acids is 1. The van der Waals surface area contributed by atoms with Gasteiger partial charge in [-0.1, -0.05) is 6.07 Å². The standard InChI is InChI=1S/C11H6IN3OS2/c12-9-4-6(5-17-9)11(16)13-7-2-1-3-8-10(7)15-18-14-8/h1-5H,(H,13,16). The molecule has 1 N–H and O–H groups in total. The minimum absolute atomic E-state index is 0.116. The van der Waals surface area contributed by atoms with Crippen LogP contribution in [0.4, 0.5) is 17.1 Å². The van der Waals surface area contributed by atoms with Crippen LogP contribution >= 0.6 is 33.9 Å². The molecule has 0 saturated carbocycles. The molecule has 7 heteroatoms. The topological polar surface area (TPSA) is 53.8 Å². The largest absolute Gasteiger partial charge is 0.320 e. The van der Waals surface area contributed by atoms with Gasteiger partial charge in [0.15, 0.2) is 0 Å². The first-order valence-electron chi connectivity index (χ1n) is 5.01. The molecule has 1 aliphatic heterocycles. The van der Waals surface area contributed by atoms with Crippen molar-refractivity contribution < 1.29 is 4.79 Å². The quantitative estimate of drug-likeness (QED) is 0.654. The average molecular weight is 387 g/mol. The first-order chi connectivity index (χ1) is 8.74. The highest BCUT2D eigenvalue weighted by Crippen LogP contribution is 2.38. The normalized spacial score (nSPS) is 12.1. The van der Waals surface area contributed by atoms with E-state index in [2.05, 4.69) is 36.6 Å². The lowest BCUT2D eigenvalue weighted by Gasteiger charge is -2.06. The average Bonchev–Trinajstić information content (AvgIpc) is 2.97. The van der Waals surface area contributed by atoms with Crippen LogP contribution < -0.4 is 5.32 Å². The van der Waals surface area contributed by atoms with Gasteiger partial charge in [0, 0.05) is 5.38 Å². The Morgan fingerprint density at radius 1 is 1.33 bits per heavy atom. The zero-order valence-corrected chi connectivity index (χ0v) is 12.7. The van der Waals surface area contributed by atoms with E-state index in [9.17, 15) is 4.79 Å². The van der Waals surface area contributed by atoms with Crippen molar-refractivity contribution in [2.45, 2.75) is 0 Å². The Labute approximate surface area is 124 Å². The number of nitrogens with zero attached hydrogens (tertiary/aromatic N) is 2. The summed E-state index contributed by atoms with van der Waals surface area (Å²) in [7, 11) is 0. The number of halogens is 1. The summed E-state index contributed by atoms with van der Waals surface area (Å²) in [6, 6.07) is 7.43. The number of anilines is 1. The van der Waals surface area contributed by atoms with Gasteiger partial charge in [-0.25, -0.2) is 0 Å². The number of nitrogens with one attached hydrogen (secondary N) is 1.